The molecule has 1 spiro atoms. The number of halogens is 1. The molecule has 1 atom stereocenters. The summed E-state index contributed by atoms with van der Waals surface area (Å²) in [5.74, 6) is 0.0118. The van der Waals surface area contributed by atoms with Gasteiger partial charge in [-0.2, -0.15) is 5.10 Å². The zero-order valence-corrected chi connectivity index (χ0v) is 17.3. The number of carbonyl (C=O) groups is 1. The molecule has 2 saturated heterocycles. The van der Waals surface area contributed by atoms with Crippen molar-refractivity contribution in [3.05, 3.63) is 18.0 Å². The van der Waals surface area contributed by atoms with Gasteiger partial charge in [-0.15, -0.1) is 0 Å². The average Bonchev–Trinajstić information content (AvgIpc) is 3.30. The number of aromatic nitrogens is 2. The van der Waals surface area contributed by atoms with Crippen molar-refractivity contribution >= 4 is 11.6 Å². The van der Waals surface area contributed by atoms with Crippen LogP contribution >= 0.6 is 0 Å². The van der Waals surface area contributed by atoms with E-state index in [-0.39, 0.29) is 24.9 Å². The number of hydrogen-bond acceptors (Lipinski definition) is 5. The first kappa shape index (κ1) is 19.0. The first-order valence-corrected chi connectivity index (χ1v) is 10.8. The summed E-state index contributed by atoms with van der Waals surface area (Å²) in [6.07, 6.45) is 8.36. The van der Waals surface area contributed by atoms with Gasteiger partial charge in [0.1, 0.15) is 11.4 Å². The van der Waals surface area contributed by atoms with Gasteiger partial charge >= 0.3 is 0 Å². The van der Waals surface area contributed by atoms with Gasteiger partial charge in [0.15, 0.2) is 5.60 Å². The van der Waals surface area contributed by atoms with Crippen LogP contribution in [0.5, 0.6) is 0 Å². The lowest BCUT2D eigenvalue weighted by molar-refractivity contribution is -0.139. The Labute approximate surface area is 170 Å². The molecule has 5 rings (SSSR count). The van der Waals surface area contributed by atoms with Crippen LogP contribution in [0.15, 0.2) is 17.5 Å². The molecule has 1 amide bonds. The zero-order chi connectivity index (χ0) is 20.2. The van der Waals surface area contributed by atoms with E-state index in [9.17, 15) is 9.18 Å². The number of rotatable bonds is 5. The summed E-state index contributed by atoms with van der Waals surface area (Å²) in [6, 6.07) is 0.348. The molecule has 8 heteroatoms. The van der Waals surface area contributed by atoms with Crippen LogP contribution in [-0.2, 0) is 16.2 Å². The van der Waals surface area contributed by atoms with E-state index in [1.807, 2.05) is 10.9 Å². The molecule has 0 N–H and O–H groups in total. The number of alkyl halides is 1. The minimum absolute atomic E-state index is 0.147. The Kier molecular flexibility index (Phi) is 4.46. The summed E-state index contributed by atoms with van der Waals surface area (Å²) >= 11 is 0. The maximum Gasteiger partial charge on any atom is 0.272 e. The SMILES string of the molecule is CC(C)n1cc(CN2CCC[C@]3(CC(C(=O)N4CC(F)(C5CC5)C4)=NO3)C2)cn1. The summed E-state index contributed by atoms with van der Waals surface area (Å²) in [7, 11) is 0. The fourth-order valence-corrected chi connectivity index (χ4v) is 4.95. The van der Waals surface area contributed by atoms with Crippen molar-refractivity contribution in [3.63, 3.8) is 0 Å². The molecule has 4 heterocycles. The van der Waals surface area contributed by atoms with Crippen LogP contribution in [0, 0.1) is 5.92 Å². The predicted octanol–water partition coefficient (Wildman–Crippen LogP) is 2.54. The van der Waals surface area contributed by atoms with Crippen molar-refractivity contribution in [1.82, 2.24) is 19.6 Å². The van der Waals surface area contributed by atoms with Gasteiger partial charge in [0.2, 0.25) is 0 Å². The largest absolute Gasteiger partial charge is 0.387 e. The second-order valence-electron chi connectivity index (χ2n) is 9.70. The van der Waals surface area contributed by atoms with Gasteiger partial charge in [-0.05, 0) is 52.0 Å². The first-order chi connectivity index (χ1) is 13.9. The standard InChI is InChI=1S/C21H30FN5O2/c1-15(2)27-11-16(9-23-27)10-25-7-3-6-20(12-25)8-18(24-29-20)19(28)26-13-21(22,14-26)17-4-5-17/h9,11,15,17H,3-8,10,12-14H2,1-2H3/t20-/m0/s1. The molecule has 1 aromatic rings. The molecule has 1 aromatic heterocycles. The topological polar surface area (TPSA) is 63.0 Å². The highest BCUT2D eigenvalue weighted by Gasteiger charge is 2.56. The predicted molar refractivity (Wildman–Crippen MR) is 106 cm³/mol. The van der Waals surface area contributed by atoms with Crippen LogP contribution in [0.2, 0.25) is 0 Å². The van der Waals surface area contributed by atoms with Crippen LogP contribution in [0.1, 0.15) is 57.6 Å². The lowest BCUT2D eigenvalue weighted by Crippen LogP contribution is -2.63. The summed E-state index contributed by atoms with van der Waals surface area (Å²) < 4.78 is 16.5. The Morgan fingerprint density at radius 2 is 2.14 bits per heavy atom. The van der Waals surface area contributed by atoms with Crippen molar-refractivity contribution in [1.29, 1.82) is 0 Å². The maximum atomic E-state index is 14.6. The number of piperidine rings is 1. The molecule has 0 aromatic carbocycles. The van der Waals surface area contributed by atoms with Gasteiger partial charge < -0.3 is 9.74 Å². The molecular weight excluding hydrogens is 373 g/mol. The fraction of sp³-hybridized carbons (Fsp3) is 0.762. The van der Waals surface area contributed by atoms with E-state index in [0.29, 0.717) is 18.2 Å². The molecule has 7 nitrogen and oxygen atoms in total. The third kappa shape index (κ3) is 3.56. The third-order valence-corrected chi connectivity index (χ3v) is 6.80. The molecule has 1 aliphatic carbocycles. The summed E-state index contributed by atoms with van der Waals surface area (Å²) in [4.78, 5) is 22.5. The molecule has 3 aliphatic heterocycles. The fourth-order valence-electron chi connectivity index (χ4n) is 4.95. The number of hydrogen-bond donors (Lipinski definition) is 0. The molecule has 29 heavy (non-hydrogen) atoms. The molecule has 0 unspecified atom stereocenters. The molecule has 0 radical (unpaired) electrons. The Bertz CT molecular complexity index is 827. The number of oxime groups is 1. The van der Waals surface area contributed by atoms with E-state index in [0.717, 1.165) is 45.3 Å². The second-order valence-corrected chi connectivity index (χ2v) is 9.70. The number of likely N-dealkylation sites (tertiary alicyclic amines) is 2. The van der Waals surface area contributed by atoms with E-state index < -0.39 is 11.3 Å². The molecular formula is C21H30FN5O2. The Balaban J connectivity index is 1.17. The van der Waals surface area contributed by atoms with E-state index in [1.165, 1.54) is 5.56 Å². The van der Waals surface area contributed by atoms with Gasteiger partial charge in [0, 0.05) is 37.3 Å². The monoisotopic (exact) mass is 403 g/mol. The number of nitrogens with zero attached hydrogens (tertiary/aromatic N) is 5. The van der Waals surface area contributed by atoms with Crippen molar-refractivity contribution in [3.8, 4) is 0 Å². The average molecular weight is 404 g/mol. The highest BCUT2D eigenvalue weighted by molar-refractivity contribution is 6.39. The smallest absolute Gasteiger partial charge is 0.272 e. The quantitative estimate of drug-likeness (QED) is 0.758. The van der Waals surface area contributed by atoms with Crippen molar-refractivity contribution in [2.24, 2.45) is 11.1 Å². The van der Waals surface area contributed by atoms with Crippen molar-refractivity contribution in [2.45, 2.75) is 69.8 Å². The van der Waals surface area contributed by atoms with Crippen LogP contribution in [0.3, 0.4) is 0 Å². The maximum absolute atomic E-state index is 14.6. The minimum Gasteiger partial charge on any atom is -0.387 e. The van der Waals surface area contributed by atoms with E-state index in [2.05, 4.69) is 35.2 Å². The lowest BCUT2D eigenvalue weighted by atomic mass is 9.86. The summed E-state index contributed by atoms with van der Waals surface area (Å²) in [5, 5.41) is 8.58. The Morgan fingerprint density at radius 1 is 1.34 bits per heavy atom. The third-order valence-electron chi connectivity index (χ3n) is 6.80. The van der Waals surface area contributed by atoms with Gasteiger partial charge in [-0.25, -0.2) is 4.39 Å². The number of carbonyl (C=O) groups excluding carboxylic acids is 1. The molecule has 158 valence electrons. The van der Waals surface area contributed by atoms with Gasteiger partial charge in [-0.3, -0.25) is 14.4 Å². The molecule has 0 bridgehead atoms. The lowest BCUT2D eigenvalue weighted by Gasteiger charge is -2.44. The second kappa shape index (κ2) is 6.79. The molecule has 3 fully saturated rings. The number of amides is 1. The van der Waals surface area contributed by atoms with Crippen molar-refractivity contribution < 1.29 is 14.0 Å². The van der Waals surface area contributed by atoms with Crippen LogP contribution in [0.4, 0.5) is 4.39 Å². The minimum atomic E-state index is -1.16. The van der Waals surface area contributed by atoms with Crippen molar-refractivity contribution in [2.75, 3.05) is 26.2 Å². The van der Waals surface area contributed by atoms with Gasteiger partial charge in [-0.1, -0.05) is 5.16 Å². The highest BCUT2D eigenvalue weighted by Crippen LogP contribution is 2.47. The summed E-state index contributed by atoms with van der Waals surface area (Å²) in [6.45, 7) is 7.23. The van der Waals surface area contributed by atoms with E-state index in [1.54, 1.807) is 4.90 Å². The van der Waals surface area contributed by atoms with E-state index >= 15 is 0 Å². The zero-order valence-electron chi connectivity index (χ0n) is 17.3. The van der Waals surface area contributed by atoms with Crippen LogP contribution < -0.4 is 0 Å². The molecule has 1 saturated carbocycles. The highest BCUT2D eigenvalue weighted by atomic mass is 19.1. The normalized spacial score (nSPS) is 29.1. The van der Waals surface area contributed by atoms with Gasteiger partial charge in [0.05, 0.1) is 19.3 Å². The Hall–Kier alpha value is -1.96. The van der Waals surface area contributed by atoms with E-state index in [4.69, 9.17) is 4.84 Å². The Morgan fingerprint density at radius 3 is 2.83 bits per heavy atom. The van der Waals surface area contributed by atoms with Crippen LogP contribution in [0.25, 0.3) is 0 Å². The first-order valence-electron chi connectivity index (χ1n) is 10.8. The van der Waals surface area contributed by atoms with Gasteiger partial charge in [0.25, 0.3) is 5.91 Å². The summed E-state index contributed by atoms with van der Waals surface area (Å²) in [5.41, 5.74) is 0.0594. The molecule has 4 aliphatic rings. The van der Waals surface area contributed by atoms with Crippen LogP contribution in [-0.4, -0.2) is 68.6 Å².